The highest BCUT2D eigenvalue weighted by molar-refractivity contribution is 5.69. The van der Waals surface area contributed by atoms with Crippen molar-refractivity contribution in [2.45, 2.75) is 51.9 Å². The number of carbonyl (C=O) groups is 1. The summed E-state index contributed by atoms with van der Waals surface area (Å²) in [6.45, 7) is 11.7. The molecule has 0 saturated heterocycles. The fourth-order valence-electron chi connectivity index (χ4n) is 3.15. The maximum Gasteiger partial charge on any atom is 0.305 e. The number of rotatable bonds is 34. The van der Waals surface area contributed by atoms with E-state index < -0.39 is 0 Å². The number of hydrogen-bond donors (Lipinski definition) is 1. The Morgan fingerprint density at radius 3 is 1.18 bits per heavy atom. The van der Waals surface area contributed by atoms with Crippen LogP contribution in [0.1, 0.15) is 51.9 Å². The van der Waals surface area contributed by atoms with Crippen LogP contribution in [-0.2, 0) is 47.4 Å². The van der Waals surface area contributed by atoms with Crippen molar-refractivity contribution in [1.29, 1.82) is 0 Å². The molecule has 0 bridgehead atoms. The van der Waals surface area contributed by atoms with E-state index in [0.29, 0.717) is 119 Å². The van der Waals surface area contributed by atoms with Crippen LogP contribution in [0.25, 0.3) is 0 Å². The summed E-state index contributed by atoms with van der Waals surface area (Å²) in [5, 5.41) is 3.02. The molecular formula is C28H57NO10. The number of likely N-dealkylation sites (N-methyl/N-ethyl adjacent to an activating group) is 1. The largest absolute Gasteiger partial charge is 0.463 e. The number of carbonyl (C=O) groups excluding carboxylic acids is 1. The summed E-state index contributed by atoms with van der Waals surface area (Å²) >= 11 is 0. The highest BCUT2D eigenvalue weighted by Gasteiger charge is 2.02. The predicted molar refractivity (Wildman–Crippen MR) is 149 cm³/mol. The first kappa shape index (κ1) is 38.1. The molecule has 0 aliphatic carbocycles. The third-order valence-corrected chi connectivity index (χ3v) is 5.33. The molecule has 0 amide bonds. The number of ether oxygens (including phenoxy) is 9. The smallest absolute Gasteiger partial charge is 0.305 e. The maximum absolute atomic E-state index is 11.6. The van der Waals surface area contributed by atoms with Gasteiger partial charge >= 0.3 is 5.97 Å². The molecule has 39 heavy (non-hydrogen) atoms. The lowest BCUT2D eigenvalue weighted by Gasteiger charge is -2.09. The van der Waals surface area contributed by atoms with Gasteiger partial charge in [0, 0.05) is 13.0 Å². The van der Waals surface area contributed by atoms with E-state index in [4.69, 9.17) is 42.6 Å². The van der Waals surface area contributed by atoms with Crippen LogP contribution < -0.4 is 5.32 Å². The van der Waals surface area contributed by atoms with Crippen molar-refractivity contribution in [2.24, 2.45) is 0 Å². The van der Waals surface area contributed by atoms with Crippen LogP contribution in [0.2, 0.25) is 0 Å². The zero-order valence-corrected chi connectivity index (χ0v) is 24.8. The van der Waals surface area contributed by atoms with E-state index in [1.807, 2.05) is 7.05 Å². The van der Waals surface area contributed by atoms with E-state index in [2.05, 4.69) is 12.2 Å². The molecule has 0 atom stereocenters. The number of hydrogen-bond acceptors (Lipinski definition) is 11. The number of esters is 1. The fraction of sp³-hybridized carbons (Fsp3) is 0.964. The van der Waals surface area contributed by atoms with Gasteiger partial charge in [-0.15, -0.1) is 0 Å². The summed E-state index contributed by atoms with van der Waals surface area (Å²) in [5.74, 6) is -0.139. The van der Waals surface area contributed by atoms with Gasteiger partial charge in [-0.1, -0.05) is 39.0 Å². The Hall–Kier alpha value is -0.890. The summed E-state index contributed by atoms with van der Waals surface area (Å²) in [7, 11) is 1.89. The SMILES string of the molecule is CCCCCCCCC(=O)OCCOCCOCCOCCOCCOCCOCCOCCOCCNC. The summed E-state index contributed by atoms with van der Waals surface area (Å²) in [6.07, 6.45) is 7.45. The van der Waals surface area contributed by atoms with E-state index in [1.54, 1.807) is 0 Å². The Kier molecular flexibility index (Phi) is 34.3. The van der Waals surface area contributed by atoms with E-state index in [-0.39, 0.29) is 5.97 Å². The first-order chi connectivity index (χ1) is 19.3. The highest BCUT2D eigenvalue weighted by Crippen LogP contribution is 2.07. The van der Waals surface area contributed by atoms with Crippen LogP contribution in [0, 0.1) is 0 Å². The Morgan fingerprint density at radius 1 is 0.462 bits per heavy atom. The van der Waals surface area contributed by atoms with Gasteiger partial charge < -0.3 is 47.9 Å². The zero-order valence-electron chi connectivity index (χ0n) is 24.8. The lowest BCUT2D eigenvalue weighted by Crippen LogP contribution is -2.17. The minimum atomic E-state index is -0.139. The van der Waals surface area contributed by atoms with Crippen molar-refractivity contribution in [3.8, 4) is 0 Å². The molecule has 0 heterocycles. The first-order valence-electron chi connectivity index (χ1n) is 14.7. The van der Waals surface area contributed by atoms with Crippen molar-refractivity contribution in [3.05, 3.63) is 0 Å². The summed E-state index contributed by atoms with van der Waals surface area (Å²) in [6, 6.07) is 0. The van der Waals surface area contributed by atoms with Crippen molar-refractivity contribution in [2.75, 3.05) is 126 Å². The van der Waals surface area contributed by atoms with Crippen LogP contribution in [0.3, 0.4) is 0 Å². The van der Waals surface area contributed by atoms with Gasteiger partial charge in [0.1, 0.15) is 6.61 Å². The fourth-order valence-corrected chi connectivity index (χ4v) is 3.15. The molecule has 0 saturated carbocycles. The van der Waals surface area contributed by atoms with Gasteiger partial charge in [0.2, 0.25) is 0 Å². The van der Waals surface area contributed by atoms with Gasteiger partial charge in [0.05, 0.1) is 106 Å². The van der Waals surface area contributed by atoms with E-state index in [1.165, 1.54) is 25.7 Å². The summed E-state index contributed by atoms with van der Waals surface area (Å²) in [5.41, 5.74) is 0. The topological polar surface area (TPSA) is 112 Å². The molecule has 0 rings (SSSR count). The van der Waals surface area contributed by atoms with Gasteiger partial charge in [-0.2, -0.15) is 0 Å². The Balaban J connectivity index is 3.09. The van der Waals surface area contributed by atoms with Crippen LogP contribution in [0.15, 0.2) is 0 Å². The lowest BCUT2D eigenvalue weighted by molar-refractivity contribution is -0.145. The second-order valence-electron chi connectivity index (χ2n) is 8.74. The molecule has 0 aromatic heterocycles. The standard InChI is InChI=1S/C28H57NO10/c1-3-4-5-6-7-8-9-28(30)39-27-26-38-25-24-37-23-22-36-21-20-35-19-18-34-17-16-33-15-14-32-13-12-31-11-10-29-2/h29H,3-27H2,1-2H3. The predicted octanol–water partition coefficient (Wildman–Crippen LogP) is 2.63. The molecule has 11 heteroatoms. The molecular weight excluding hydrogens is 510 g/mol. The van der Waals surface area contributed by atoms with E-state index in [9.17, 15) is 4.79 Å². The van der Waals surface area contributed by atoms with Crippen molar-refractivity contribution in [1.82, 2.24) is 5.32 Å². The van der Waals surface area contributed by atoms with Crippen LogP contribution >= 0.6 is 0 Å². The molecule has 234 valence electrons. The minimum absolute atomic E-state index is 0.139. The Bertz CT molecular complexity index is 474. The summed E-state index contributed by atoms with van der Waals surface area (Å²) < 4.78 is 48.6. The monoisotopic (exact) mass is 567 g/mol. The van der Waals surface area contributed by atoms with Crippen LogP contribution in [0.5, 0.6) is 0 Å². The Morgan fingerprint density at radius 2 is 0.795 bits per heavy atom. The van der Waals surface area contributed by atoms with Crippen molar-refractivity contribution in [3.63, 3.8) is 0 Å². The second kappa shape index (κ2) is 35.1. The van der Waals surface area contributed by atoms with Crippen LogP contribution in [0.4, 0.5) is 0 Å². The van der Waals surface area contributed by atoms with Crippen LogP contribution in [-0.4, -0.2) is 132 Å². The molecule has 0 aromatic rings. The van der Waals surface area contributed by atoms with Crippen molar-refractivity contribution < 1.29 is 47.4 Å². The molecule has 0 aliphatic rings. The third-order valence-electron chi connectivity index (χ3n) is 5.33. The summed E-state index contributed by atoms with van der Waals surface area (Å²) in [4.78, 5) is 11.6. The van der Waals surface area contributed by atoms with Gasteiger partial charge in [-0.05, 0) is 13.5 Å². The molecule has 11 nitrogen and oxygen atoms in total. The number of nitrogens with one attached hydrogen (secondary N) is 1. The average Bonchev–Trinajstić information content (AvgIpc) is 2.94. The molecule has 1 N–H and O–H groups in total. The maximum atomic E-state index is 11.6. The molecule has 0 radical (unpaired) electrons. The average molecular weight is 568 g/mol. The third kappa shape index (κ3) is 35.1. The van der Waals surface area contributed by atoms with Gasteiger partial charge in [-0.3, -0.25) is 4.79 Å². The molecule has 0 fully saturated rings. The van der Waals surface area contributed by atoms with E-state index in [0.717, 1.165) is 19.4 Å². The molecule has 0 unspecified atom stereocenters. The first-order valence-corrected chi connectivity index (χ1v) is 14.7. The van der Waals surface area contributed by atoms with Gasteiger partial charge in [0.15, 0.2) is 0 Å². The zero-order chi connectivity index (χ0) is 28.3. The molecule has 0 aromatic carbocycles. The normalized spacial score (nSPS) is 11.3. The highest BCUT2D eigenvalue weighted by atomic mass is 16.6. The Labute approximate surface area is 236 Å². The number of unbranched alkanes of at least 4 members (excludes halogenated alkanes) is 5. The quantitative estimate of drug-likeness (QED) is 0.0915. The van der Waals surface area contributed by atoms with Gasteiger partial charge in [0.25, 0.3) is 0 Å². The second-order valence-corrected chi connectivity index (χ2v) is 8.74. The van der Waals surface area contributed by atoms with E-state index >= 15 is 0 Å². The van der Waals surface area contributed by atoms with Gasteiger partial charge in [-0.25, -0.2) is 0 Å². The minimum Gasteiger partial charge on any atom is -0.463 e. The lowest BCUT2D eigenvalue weighted by atomic mass is 10.1. The molecule has 0 spiro atoms. The van der Waals surface area contributed by atoms with Crippen molar-refractivity contribution >= 4 is 5.97 Å². The molecule has 0 aliphatic heterocycles.